The fourth-order valence-corrected chi connectivity index (χ4v) is 5.38. The van der Waals surface area contributed by atoms with Gasteiger partial charge in [-0.1, -0.05) is 51.4 Å². The highest BCUT2D eigenvalue weighted by Crippen LogP contribution is 2.19. The molecule has 1 aromatic heterocycles. The van der Waals surface area contributed by atoms with Crippen LogP contribution in [0.25, 0.3) is 0 Å². The molecule has 0 spiro atoms. The lowest BCUT2D eigenvalue weighted by molar-refractivity contribution is -0.142. The number of unbranched alkanes of at least 4 members (excludes halogenated alkanes) is 10. The summed E-state index contributed by atoms with van der Waals surface area (Å²) in [5.41, 5.74) is 2.21. The number of hydrogen-bond acceptors (Lipinski definition) is 8. The Bertz CT molecular complexity index is 971. The van der Waals surface area contributed by atoms with E-state index in [0.29, 0.717) is 37.1 Å². The molecule has 0 fully saturated rings. The second kappa shape index (κ2) is 22.6. The Hall–Kier alpha value is -3.03. The molecule has 0 aliphatic carbocycles. The van der Waals surface area contributed by atoms with Gasteiger partial charge in [0.05, 0.1) is 0 Å². The van der Waals surface area contributed by atoms with Gasteiger partial charge >= 0.3 is 17.9 Å². The van der Waals surface area contributed by atoms with Gasteiger partial charge in [-0.3, -0.25) is 20.2 Å². The maximum Gasteiger partial charge on any atom is 0.345 e. The van der Waals surface area contributed by atoms with E-state index in [1.54, 1.807) is 6.07 Å². The third-order valence-corrected chi connectivity index (χ3v) is 8.12. The summed E-state index contributed by atoms with van der Waals surface area (Å²) >= 11 is 1.35. The van der Waals surface area contributed by atoms with Crippen molar-refractivity contribution in [2.75, 3.05) is 6.54 Å². The average Bonchev–Trinajstić information content (AvgIpc) is 3.42. The number of amides is 2. The lowest BCUT2D eigenvalue weighted by atomic mass is 10.0. The Morgan fingerprint density at radius 2 is 1.29 bits per heavy atom. The normalized spacial score (nSPS) is 12.4. The van der Waals surface area contributed by atoms with Gasteiger partial charge < -0.3 is 26.0 Å². The van der Waals surface area contributed by atoms with Gasteiger partial charge in [-0.25, -0.2) is 15.0 Å². The van der Waals surface area contributed by atoms with Gasteiger partial charge in [-0.15, -0.1) is 11.3 Å². The lowest BCUT2D eigenvalue weighted by Gasteiger charge is -2.14. The molecule has 238 valence electrons. The standard InChI is InChI=1S/C29H48N4O8S/c30-33-23(28(38)39)14-11-12-20-31-25(34)19-17-22(27(36)37)32-26(35)15-10-8-6-4-2-1-3-5-7-9-13-21-16-18-24(42-21)29(40)41/h16,18,22-23,33H,1-15,17,19-20,30H2,(H,31,34)(H,32,35)(H,36,37)(H,38,39)(H,40,41)/t22-,23-/m0/s1. The predicted octanol–water partition coefficient (Wildman–Crippen LogP) is 3.83. The van der Waals surface area contributed by atoms with Crippen molar-refractivity contribution < 1.29 is 39.3 Å². The maximum atomic E-state index is 12.2. The van der Waals surface area contributed by atoms with Gasteiger partial charge in [0.1, 0.15) is 17.0 Å². The maximum absolute atomic E-state index is 12.2. The minimum Gasteiger partial charge on any atom is -0.480 e. The molecule has 1 rings (SSSR count). The smallest absolute Gasteiger partial charge is 0.345 e. The number of carbonyl (C=O) groups is 5. The molecule has 8 N–H and O–H groups in total. The summed E-state index contributed by atoms with van der Waals surface area (Å²) in [5.74, 6) is 1.44. The monoisotopic (exact) mass is 612 g/mol. The molecule has 2 atom stereocenters. The summed E-state index contributed by atoms with van der Waals surface area (Å²) in [5, 5.41) is 32.5. The van der Waals surface area contributed by atoms with E-state index in [-0.39, 0.29) is 31.1 Å². The molecule has 0 aromatic carbocycles. The van der Waals surface area contributed by atoms with E-state index in [0.717, 1.165) is 49.8 Å². The molecule has 0 bridgehead atoms. The number of hydrazine groups is 1. The van der Waals surface area contributed by atoms with Crippen LogP contribution in [-0.2, 0) is 25.6 Å². The molecular weight excluding hydrogens is 564 g/mol. The number of aryl methyl sites for hydroxylation is 1. The Morgan fingerprint density at radius 3 is 1.83 bits per heavy atom. The van der Waals surface area contributed by atoms with Crippen molar-refractivity contribution in [2.24, 2.45) is 5.84 Å². The molecular formula is C29H48N4O8S. The van der Waals surface area contributed by atoms with E-state index in [1.165, 1.54) is 30.6 Å². The minimum atomic E-state index is -1.18. The van der Waals surface area contributed by atoms with E-state index in [4.69, 9.17) is 16.1 Å². The van der Waals surface area contributed by atoms with Crippen molar-refractivity contribution >= 4 is 41.1 Å². The Morgan fingerprint density at radius 1 is 0.690 bits per heavy atom. The minimum absolute atomic E-state index is 0.00915. The van der Waals surface area contributed by atoms with Crippen molar-refractivity contribution in [3.8, 4) is 0 Å². The highest BCUT2D eigenvalue weighted by molar-refractivity contribution is 7.13. The second-order valence-electron chi connectivity index (χ2n) is 10.5. The molecule has 0 saturated carbocycles. The molecule has 1 aromatic rings. The number of hydrogen-bond donors (Lipinski definition) is 7. The molecule has 2 amide bonds. The zero-order chi connectivity index (χ0) is 31.2. The number of thiophene rings is 1. The van der Waals surface area contributed by atoms with Gasteiger partial charge in [0.2, 0.25) is 11.8 Å². The summed E-state index contributed by atoms with van der Waals surface area (Å²) in [6.07, 6.45) is 13.2. The van der Waals surface area contributed by atoms with Crippen molar-refractivity contribution in [1.29, 1.82) is 0 Å². The first-order valence-corrected chi connectivity index (χ1v) is 15.8. The number of nitrogens with one attached hydrogen (secondary N) is 3. The van der Waals surface area contributed by atoms with Crippen LogP contribution >= 0.6 is 11.3 Å². The van der Waals surface area contributed by atoms with Crippen LogP contribution in [0, 0.1) is 0 Å². The van der Waals surface area contributed by atoms with E-state index in [2.05, 4.69) is 16.1 Å². The summed E-state index contributed by atoms with van der Waals surface area (Å²) in [6, 6.07) is 1.61. The second-order valence-corrected chi connectivity index (χ2v) is 11.7. The third kappa shape index (κ3) is 17.7. The molecule has 13 heteroatoms. The summed E-state index contributed by atoms with van der Waals surface area (Å²) < 4.78 is 0. The van der Waals surface area contributed by atoms with Crippen LogP contribution in [0.3, 0.4) is 0 Å². The SMILES string of the molecule is NN[C@@H](CCCCNC(=O)CC[C@H](NC(=O)CCCCCCCCCCCCc1ccc(C(=O)O)s1)C(=O)O)C(=O)O. The van der Waals surface area contributed by atoms with Gasteiger partial charge in [0.15, 0.2) is 0 Å². The van der Waals surface area contributed by atoms with Crippen molar-refractivity contribution in [2.45, 2.75) is 121 Å². The van der Waals surface area contributed by atoms with E-state index >= 15 is 0 Å². The topological polar surface area (TPSA) is 208 Å². The number of aliphatic carboxylic acids is 2. The van der Waals surface area contributed by atoms with Gasteiger partial charge in [-0.2, -0.15) is 0 Å². The van der Waals surface area contributed by atoms with Crippen LogP contribution in [0.1, 0.15) is 117 Å². The molecule has 0 radical (unpaired) electrons. The number of nitrogens with two attached hydrogens (primary N) is 1. The number of carboxylic acids is 3. The van der Waals surface area contributed by atoms with Gasteiger partial charge in [0.25, 0.3) is 0 Å². The zero-order valence-corrected chi connectivity index (χ0v) is 25.2. The number of rotatable bonds is 26. The van der Waals surface area contributed by atoms with Gasteiger partial charge in [-0.05, 0) is 57.1 Å². The first-order valence-electron chi connectivity index (χ1n) is 14.9. The molecule has 1 heterocycles. The lowest BCUT2D eigenvalue weighted by Crippen LogP contribution is -2.41. The Balaban J connectivity index is 2.02. The third-order valence-electron chi connectivity index (χ3n) is 6.98. The van der Waals surface area contributed by atoms with E-state index in [9.17, 15) is 29.1 Å². The molecule has 0 saturated heterocycles. The number of aromatic carboxylic acids is 1. The molecule has 42 heavy (non-hydrogen) atoms. The van der Waals surface area contributed by atoms with Gasteiger partial charge in [0, 0.05) is 24.3 Å². The van der Waals surface area contributed by atoms with Crippen LogP contribution in [0.5, 0.6) is 0 Å². The van der Waals surface area contributed by atoms with E-state index < -0.39 is 30.0 Å². The summed E-state index contributed by atoms with van der Waals surface area (Å²) in [4.78, 5) is 59.1. The highest BCUT2D eigenvalue weighted by Gasteiger charge is 2.21. The van der Waals surface area contributed by atoms with Crippen molar-refractivity contribution in [3.05, 3.63) is 21.9 Å². The highest BCUT2D eigenvalue weighted by atomic mass is 32.1. The number of carbonyl (C=O) groups excluding carboxylic acids is 2. The Labute approximate surface area is 251 Å². The first-order chi connectivity index (χ1) is 20.1. The van der Waals surface area contributed by atoms with Crippen molar-refractivity contribution in [3.63, 3.8) is 0 Å². The first kappa shape index (κ1) is 37.0. The largest absolute Gasteiger partial charge is 0.480 e. The van der Waals surface area contributed by atoms with Crippen LogP contribution in [0.15, 0.2) is 12.1 Å². The van der Waals surface area contributed by atoms with E-state index in [1.807, 2.05) is 6.07 Å². The molecule has 0 unspecified atom stereocenters. The number of carboxylic acid groups (broad SMARTS) is 3. The summed E-state index contributed by atoms with van der Waals surface area (Å²) in [6.45, 7) is 0.341. The fraction of sp³-hybridized carbons (Fsp3) is 0.690. The average molecular weight is 613 g/mol. The van der Waals surface area contributed by atoms with Crippen LogP contribution in [-0.4, -0.2) is 63.7 Å². The molecule has 12 nitrogen and oxygen atoms in total. The zero-order valence-electron chi connectivity index (χ0n) is 24.4. The molecule has 0 aliphatic heterocycles. The van der Waals surface area contributed by atoms with Crippen LogP contribution < -0.4 is 21.9 Å². The molecule has 0 aliphatic rings. The van der Waals surface area contributed by atoms with Crippen molar-refractivity contribution in [1.82, 2.24) is 16.1 Å². The Kier molecular flexibility index (Phi) is 19.9. The quantitative estimate of drug-likeness (QED) is 0.0457. The summed E-state index contributed by atoms with van der Waals surface area (Å²) in [7, 11) is 0. The van der Waals surface area contributed by atoms with Crippen LogP contribution in [0.4, 0.5) is 0 Å². The fourth-order valence-electron chi connectivity index (χ4n) is 4.49. The van der Waals surface area contributed by atoms with Crippen LogP contribution in [0.2, 0.25) is 0 Å². The predicted molar refractivity (Wildman–Crippen MR) is 160 cm³/mol.